The van der Waals surface area contributed by atoms with Gasteiger partial charge in [0.1, 0.15) is 18.0 Å². The maximum atomic E-state index is 5.91. The third-order valence-corrected chi connectivity index (χ3v) is 1.93. The van der Waals surface area contributed by atoms with E-state index in [4.69, 9.17) is 11.5 Å². The van der Waals surface area contributed by atoms with Crippen molar-refractivity contribution in [1.82, 2.24) is 20.2 Å². The van der Waals surface area contributed by atoms with Crippen molar-refractivity contribution >= 4 is 5.82 Å². The van der Waals surface area contributed by atoms with Crippen LogP contribution in [0.5, 0.6) is 0 Å². The van der Waals surface area contributed by atoms with E-state index in [1.54, 1.807) is 12.3 Å². The summed E-state index contributed by atoms with van der Waals surface area (Å²) in [6.07, 6.45) is 3.02. The van der Waals surface area contributed by atoms with Crippen molar-refractivity contribution in [3.8, 4) is 0 Å². The lowest BCUT2D eigenvalue weighted by Crippen LogP contribution is -2.16. The number of nitrogens with zero attached hydrogens (tertiary/aromatic N) is 3. The van der Waals surface area contributed by atoms with Crippen molar-refractivity contribution in [2.45, 2.75) is 6.04 Å². The first-order valence-electron chi connectivity index (χ1n) is 4.10. The van der Waals surface area contributed by atoms with E-state index >= 15 is 0 Å². The highest BCUT2D eigenvalue weighted by atomic mass is 15.2. The number of hydrogen-bond donors (Lipinski definition) is 3. The van der Waals surface area contributed by atoms with Gasteiger partial charge in [-0.05, 0) is 6.07 Å². The second-order valence-corrected chi connectivity index (χ2v) is 2.83. The van der Waals surface area contributed by atoms with Gasteiger partial charge in [0.05, 0.1) is 6.04 Å². The minimum absolute atomic E-state index is 0.411. The first-order valence-corrected chi connectivity index (χ1v) is 4.10. The molecule has 1 atom stereocenters. The lowest BCUT2D eigenvalue weighted by Gasteiger charge is -2.09. The molecule has 0 aromatic carbocycles. The van der Waals surface area contributed by atoms with E-state index in [-0.39, 0.29) is 0 Å². The van der Waals surface area contributed by atoms with E-state index in [0.29, 0.717) is 11.6 Å². The fourth-order valence-corrected chi connectivity index (χ4v) is 1.21. The minimum atomic E-state index is -0.411. The topological polar surface area (TPSA) is 106 Å². The Hall–Kier alpha value is -1.95. The van der Waals surface area contributed by atoms with Crippen LogP contribution in [0.1, 0.15) is 17.4 Å². The Morgan fingerprint density at radius 2 is 2.21 bits per heavy atom. The lowest BCUT2D eigenvalue weighted by molar-refractivity contribution is 0.786. The van der Waals surface area contributed by atoms with Gasteiger partial charge in [-0.2, -0.15) is 5.10 Å². The van der Waals surface area contributed by atoms with Crippen LogP contribution in [0.25, 0.3) is 0 Å². The highest BCUT2D eigenvalue weighted by molar-refractivity contribution is 5.42. The zero-order chi connectivity index (χ0) is 9.97. The highest BCUT2D eigenvalue weighted by Gasteiger charge is 2.14. The van der Waals surface area contributed by atoms with Crippen molar-refractivity contribution < 1.29 is 0 Å². The standard InChI is InChI=1S/C8H10N6/c9-6(8-12-4-13-14-8)5-2-1-3-11-7(5)10/h1-4,6H,9H2,(H2,10,11)(H,12,13,14). The number of nitrogens with two attached hydrogens (primary N) is 2. The van der Waals surface area contributed by atoms with E-state index in [0.717, 1.165) is 5.56 Å². The van der Waals surface area contributed by atoms with E-state index < -0.39 is 6.04 Å². The Morgan fingerprint density at radius 1 is 1.36 bits per heavy atom. The van der Waals surface area contributed by atoms with E-state index in [1.807, 2.05) is 6.07 Å². The molecule has 6 nitrogen and oxygen atoms in total. The molecule has 0 spiro atoms. The van der Waals surface area contributed by atoms with Gasteiger partial charge < -0.3 is 11.5 Å². The normalized spacial score (nSPS) is 12.6. The molecular weight excluding hydrogens is 180 g/mol. The first-order chi connectivity index (χ1) is 6.79. The van der Waals surface area contributed by atoms with Crippen LogP contribution >= 0.6 is 0 Å². The van der Waals surface area contributed by atoms with Gasteiger partial charge in [-0.15, -0.1) is 0 Å². The summed E-state index contributed by atoms with van der Waals surface area (Å²) < 4.78 is 0. The summed E-state index contributed by atoms with van der Waals surface area (Å²) in [6, 6.07) is 3.18. The Bertz CT molecular complexity index is 410. The van der Waals surface area contributed by atoms with Crippen molar-refractivity contribution in [2.75, 3.05) is 5.73 Å². The molecule has 2 aromatic heterocycles. The summed E-state index contributed by atoms with van der Waals surface area (Å²) in [7, 11) is 0. The Balaban J connectivity index is 2.37. The van der Waals surface area contributed by atoms with Crippen LogP contribution in [-0.2, 0) is 0 Å². The van der Waals surface area contributed by atoms with Crippen LogP contribution < -0.4 is 11.5 Å². The molecule has 0 bridgehead atoms. The number of H-pyrrole nitrogens is 1. The molecule has 14 heavy (non-hydrogen) atoms. The number of nitrogen functional groups attached to an aromatic ring is 1. The number of nitrogens with one attached hydrogen (secondary N) is 1. The van der Waals surface area contributed by atoms with Crippen LogP contribution in [0, 0.1) is 0 Å². The van der Waals surface area contributed by atoms with Gasteiger partial charge in [0.2, 0.25) is 0 Å². The van der Waals surface area contributed by atoms with Crippen molar-refractivity contribution in [1.29, 1.82) is 0 Å². The summed E-state index contributed by atoms with van der Waals surface area (Å²) in [5.74, 6) is 0.987. The summed E-state index contributed by atoms with van der Waals surface area (Å²) in [6.45, 7) is 0. The number of aromatic amines is 1. The number of rotatable bonds is 2. The molecule has 1 unspecified atom stereocenters. The number of aromatic nitrogens is 4. The summed E-state index contributed by atoms with van der Waals surface area (Å²) in [5.41, 5.74) is 12.3. The van der Waals surface area contributed by atoms with Gasteiger partial charge in [-0.25, -0.2) is 9.97 Å². The second kappa shape index (κ2) is 3.43. The summed E-state index contributed by atoms with van der Waals surface area (Å²) >= 11 is 0. The molecule has 0 aliphatic carbocycles. The minimum Gasteiger partial charge on any atom is -0.383 e. The third-order valence-electron chi connectivity index (χ3n) is 1.93. The average molecular weight is 190 g/mol. The SMILES string of the molecule is Nc1ncccc1C(N)c1ncn[nH]1. The van der Waals surface area contributed by atoms with Crippen LogP contribution in [-0.4, -0.2) is 20.2 Å². The van der Waals surface area contributed by atoms with Crippen LogP contribution in [0.15, 0.2) is 24.7 Å². The molecule has 0 saturated carbocycles. The van der Waals surface area contributed by atoms with Crippen molar-refractivity contribution in [3.05, 3.63) is 36.0 Å². The van der Waals surface area contributed by atoms with Crippen molar-refractivity contribution in [2.24, 2.45) is 5.73 Å². The number of pyridine rings is 1. The summed E-state index contributed by atoms with van der Waals surface area (Å²) in [4.78, 5) is 7.90. The Morgan fingerprint density at radius 3 is 2.86 bits per heavy atom. The molecule has 5 N–H and O–H groups in total. The van der Waals surface area contributed by atoms with Gasteiger partial charge in [-0.3, -0.25) is 5.10 Å². The third kappa shape index (κ3) is 1.42. The lowest BCUT2D eigenvalue weighted by atomic mass is 10.1. The van der Waals surface area contributed by atoms with Gasteiger partial charge in [0.25, 0.3) is 0 Å². The Labute approximate surface area is 80.4 Å². The average Bonchev–Trinajstić information content (AvgIpc) is 2.70. The highest BCUT2D eigenvalue weighted by Crippen LogP contribution is 2.19. The van der Waals surface area contributed by atoms with Crippen LogP contribution in [0.4, 0.5) is 5.82 Å². The van der Waals surface area contributed by atoms with E-state index in [9.17, 15) is 0 Å². The molecule has 0 fully saturated rings. The molecule has 0 radical (unpaired) electrons. The molecule has 0 saturated heterocycles. The van der Waals surface area contributed by atoms with Gasteiger partial charge in [0.15, 0.2) is 0 Å². The molecule has 2 heterocycles. The Kier molecular flexibility index (Phi) is 2.11. The molecule has 0 aliphatic rings. The predicted octanol–water partition coefficient (Wildman–Crippen LogP) is -0.170. The molecule has 2 aromatic rings. The second-order valence-electron chi connectivity index (χ2n) is 2.83. The number of hydrogen-bond acceptors (Lipinski definition) is 5. The molecule has 2 rings (SSSR count). The van der Waals surface area contributed by atoms with Crippen LogP contribution in [0.2, 0.25) is 0 Å². The maximum absolute atomic E-state index is 5.91. The quantitative estimate of drug-likeness (QED) is 0.609. The number of anilines is 1. The fraction of sp³-hybridized carbons (Fsp3) is 0.125. The van der Waals surface area contributed by atoms with Crippen molar-refractivity contribution in [3.63, 3.8) is 0 Å². The van der Waals surface area contributed by atoms with Crippen LogP contribution in [0.3, 0.4) is 0 Å². The fourth-order valence-electron chi connectivity index (χ4n) is 1.21. The first kappa shape index (κ1) is 8.64. The zero-order valence-electron chi connectivity index (χ0n) is 7.38. The van der Waals surface area contributed by atoms with E-state index in [1.165, 1.54) is 6.33 Å². The summed E-state index contributed by atoms with van der Waals surface area (Å²) in [5, 5.41) is 6.41. The van der Waals surface area contributed by atoms with Gasteiger partial charge >= 0.3 is 0 Å². The van der Waals surface area contributed by atoms with E-state index in [2.05, 4.69) is 20.2 Å². The van der Waals surface area contributed by atoms with Gasteiger partial charge in [-0.1, -0.05) is 6.07 Å². The predicted molar refractivity (Wildman–Crippen MR) is 51.1 cm³/mol. The molecule has 72 valence electrons. The molecule has 0 amide bonds. The zero-order valence-corrected chi connectivity index (χ0v) is 7.38. The van der Waals surface area contributed by atoms with Gasteiger partial charge in [0, 0.05) is 11.8 Å². The largest absolute Gasteiger partial charge is 0.383 e. The smallest absolute Gasteiger partial charge is 0.145 e. The maximum Gasteiger partial charge on any atom is 0.145 e. The molecule has 6 heteroatoms. The monoisotopic (exact) mass is 190 g/mol. The molecular formula is C8H10N6. The molecule has 0 aliphatic heterocycles.